The van der Waals surface area contributed by atoms with Crippen LogP contribution in [0.4, 0.5) is 11.4 Å². The lowest BCUT2D eigenvalue weighted by molar-refractivity contribution is 0.476. The molecule has 1 unspecified atom stereocenters. The fourth-order valence-electron chi connectivity index (χ4n) is 3.93. The molecule has 2 aromatic carbocycles. The monoisotopic (exact) mass is 415 g/mol. The zero-order valence-corrected chi connectivity index (χ0v) is 18.0. The van der Waals surface area contributed by atoms with Crippen LogP contribution in [0.3, 0.4) is 0 Å². The van der Waals surface area contributed by atoms with Gasteiger partial charge in [-0.2, -0.15) is 13.5 Å². The number of hydrazone groups is 1. The summed E-state index contributed by atoms with van der Waals surface area (Å²) in [6.07, 6.45) is 3.07. The number of rotatable bonds is 8. The van der Waals surface area contributed by atoms with Gasteiger partial charge in [0.25, 0.3) is 10.1 Å². The van der Waals surface area contributed by atoms with Gasteiger partial charge in [-0.1, -0.05) is 50.2 Å². The quantitative estimate of drug-likeness (QED) is 0.306. The predicted molar refractivity (Wildman–Crippen MR) is 120 cm³/mol. The number of anilines is 2. The molecule has 0 saturated carbocycles. The van der Waals surface area contributed by atoms with Gasteiger partial charge in [-0.15, -0.1) is 0 Å². The fourth-order valence-corrected chi connectivity index (χ4v) is 4.50. The number of hydrogen-bond acceptors (Lipinski definition) is 5. The van der Waals surface area contributed by atoms with Crippen molar-refractivity contribution in [3.8, 4) is 0 Å². The van der Waals surface area contributed by atoms with E-state index in [1.807, 2.05) is 60.7 Å². The van der Waals surface area contributed by atoms with Gasteiger partial charge >= 0.3 is 0 Å². The summed E-state index contributed by atoms with van der Waals surface area (Å²) in [5.74, 6) is -0.207. The van der Waals surface area contributed by atoms with Crippen LogP contribution in [0.15, 0.2) is 59.7 Å². The van der Waals surface area contributed by atoms with Crippen molar-refractivity contribution >= 4 is 27.7 Å². The summed E-state index contributed by atoms with van der Waals surface area (Å²) in [5.41, 5.74) is 3.29. The molecule has 1 heterocycles. The lowest BCUT2D eigenvalue weighted by Crippen LogP contribution is -2.43. The normalized spacial score (nSPS) is 18.2. The van der Waals surface area contributed by atoms with Crippen molar-refractivity contribution in [2.24, 2.45) is 5.10 Å². The van der Waals surface area contributed by atoms with E-state index in [2.05, 4.69) is 30.9 Å². The molecule has 0 aliphatic carbocycles. The van der Waals surface area contributed by atoms with Gasteiger partial charge in [-0.3, -0.25) is 9.56 Å². The van der Waals surface area contributed by atoms with Crippen LogP contribution in [0.5, 0.6) is 0 Å². The first-order chi connectivity index (χ1) is 13.7. The standard InChI is InChI=1S/C22H29N3O3S/c1-22(2)19-13-7-8-14-20(19)25(15-9-10-16-29(26,27)28)21(22)17-23-24(3)18-11-5-4-6-12-18/h4-8,11-14,17,21H,9-10,15-16H2,1-3H3,(H,26,27,28). The second-order valence-corrected chi connectivity index (χ2v) is 9.57. The van der Waals surface area contributed by atoms with E-state index in [9.17, 15) is 8.42 Å². The molecule has 29 heavy (non-hydrogen) atoms. The number of hydrogen-bond donors (Lipinski definition) is 1. The van der Waals surface area contributed by atoms with Crippen LogP contribution in [-0.2, 0) is 15.5 Å². The lowest BCUT2D eigenvalue weighted by Gasteiger charge is -2.32. The average Bonchev–Trinajstić information content (AvgIpc) is 2.90. The minimum atomic E-state index is -3.92. The third kappa shape index (κ3) is 4.97. The molecule has 0 aromatic heterocycles. The van der Waals surface area contributed by atoms with E-state index in [0.29, 0.717) is 19.4 Å². The Morgan fingerprint density at radius 3 is 2.45 bits per heavy atom. The van der Waals surface area contributed by atoms with Gasteiger partial charge < -0.3 is 4.90 Å². The molecule has 0 saturated heterocycles. The molecule has 6 nitrogen and oxygen atoms in total. The number of unbranched alkanes of at least 4 members (excludes halogenated alkanes) is 1. The van der Waals surface area contributed by atoms with Gasteiger partial charge in [0.1, 0.15) is 0 Å². The maximum absolute atomic E-state index is 11.0. The molecule has 7 heteroatoms. The summed E-state index contributed by atoms with van der Waals surface area (Å²) in [7, 11) is -1.99. The highest BCUT2D eigenvalue weighted by molar-refractivity contribution is 7.85. The minimum Gasteiger partial charge on any atom is -0.362 e. The second kappa shape index (κ2) is 8.55. The molecule has 0 bridgehead atoms. The molecule has 3 rings (SSSR count). The van der Waals surface area contributed by atoms with E-state index in [-0.39, 0.29) is 17.2 Å². The lowest BCUT2D eigenvalue weighted by atomic mass is 9.81. The summed E-state index contributed by atoms with van der Waals surface area (Å²) in [6, 6.07) is 18.3. The first kappa shape index (κ1) is 21.3. The van der Waals surface area contributed by atoms with Crippen molar-refractivity contribution in [1.82, 2.24) is 0 Å². The second-order valence-electron chi connectivity index (χ2n) is 7.99. The number of fused-ring (bicyclic) bond motifs is 1. The van der Waals surface area contributed by atoms with Gasteiger partial charge in [0.15, 0.2) is 0 Å². The molecule has 0 radical (unpaired) electrons. The molecule has 0 fully saturated rings. The van der Waals surface area contributed by atoms with E-state index in [1.54, 1.807) is 0 Å². The molecule has 156 valence electrons. The van der Waals surface area contributed by atoms with Gasteiger partial charge in [0, 0.05) is 30.9 Å². The Morgan fingerprint density at radius 2 is 1.76 bits per heavy atom. The van der Waals surface area contributed by atoms with Crippen LogP contribution in [0.1, 0.15) is 32.3 Å². The zero-order valence-electron chi connectivity index (χ0n) is 17.2. The van der Waals surface area contributed by atoms with Crippen molar-refractivity contribution in [3.63, 3.8) is 0 Å². The Balaban J connectivity index is 1.81. The average molecular weight is 416 g/mol. The first-order valence-corrected chi connectivity index (χ1v) is 11.5. The van der Waals surface area contributed by atoms with Gasteiger partial charge in [-0.05, 0) is 36.6 Å². The highest BCUT2D eigenvalue weighted by Crippen LogP contribution is 2.44. The van der Waals surface area contributed by atoms with Crippen LogP contribution >= 0.6 is 0 Å². The SMILES string of the molecule is CN(N=CC1N(CCCCS(=O)(=O)O)c2ccccc2C1(C)C)c1ccccc1. The highest BCUT2D eigenvalue weighted by Gasteiger charge is 2.43. The Labute approximate surface area is 173 Å². The van der Waals surface area contributed by atoms with Gasteiger partial charge in [0.05, 0.1) is 17.5 Å². The van der Waals surface area contributed by atoms with Crippen LogP contribution in [0, 0.1) is 0 Å². The van der Waals surface area contributed by atoms with Crippen molar-refractivity contribution < 1.29 is 13.0 Å². The Hall–Kier alpha value is -2.38. The minimum absolute atomic E-state index is 0.0387. The van der Waals surface area contributed by atoms with E-state index in [4.69, 9.17) is 9.65 Å². The molecular weight excluding hydrogens is 386 g/mol. The number of para-hydroxylation sites is 2. The Bertz CT molecular complexity index is 958. The topological polar surface area (TPSA) is 73.2 Å². The van der Waals surface area contributed by atoms with Crippen molar-refractivity contribution in [3.05, 3.63) is 60.2 Å². The molecule has 1 atom stereocenters. The molecule has 0 amide bonds. The van der Waals surface area contributed by atoms with E-state index in [0.717, 1.165) is 11.4 Å². The highest BCUT2D eigenvalue weighted by atomic mass is 32.2. The maximum Gasteiger partial charge on any atom is 0.264 e. The predicted octanol–water partition coefficient (Wildman–Crippen LogP) is 3.94. The van der Waals surface area contributed by atoms with Crippen molar-refractivity contribution in [2.45, 2.75) is 38.1 Å². The van der Waals surface area contributed by atoms with Crippen LogP contribution in [0.2, 0.25) is 0 Å². The van der Waals surface area contributed by atoms with Crippen molar-refractivity contribution in [2.75, 3.05) is 29.3 Å². The van der Waals surface area contributed by atoms with E-state index < -0.39 is 10.1 Å². The fraction of sp³-hybridized carbons (Fsp3) is 0.409. The number of benzene rings is 2. The van der Waals surface area contributed by atoms with Crippen LogP contribution < -0.4 is 9.91 Å². The van der Waals surface area contributed by atoms with E-state index >= 15 is 0 Å². The summed E-state index contributed by atoms with van der Waals surface area (Å²) in [6.45, 7) is 5.12. The molecular formula is C22H29N3O3S. The van der Waals surface area contributed by atoms with Crippen molar-refractivity contribution in [1.29, 1.82) is 0 Å². The van der Waals surface area contributed by atoms with Gasteiger partial charge in [0.2, 0.25) is 0 Å². The summed E-state index contributed by atoms with van der Waals surface area (Å²) in [5, 5.41) is 6.56. The summed E-state index contributed by atoms with van der Waals surface area (Å²) < 4.78 is 31.0. The summed E-state index contributed by atoms with van der Waals surface area (Å²) in [4.78, 5) is 2.29. The maximum atomic E-state index is 11.0. The Morgan fingerprint density at radius 1 is 1.10 bits per heavy atom. The van der Waals surface area contributed by atoms with Crippen LogP contribution in [-0.4, -0.2) is 44.6 Å². The smallest absolute Gasteiger partial charge is 0.264 e. The molecule has 2 aromatic rings. The molecule has 1 aliphatic heterocycles. The third-order valence-electron chi connectivity index (χ3n) is 5.55. The van der Waals surface area contributed by atoms with Gasteiger partial charge in [-0.25, -0.2) is 0 Å². The molecule has 1 N–H and O–H groups in total. The summed E-state index contributed by atoms with van der Waals surface area (Å²) >= 11 is 0. The van der Waals surface area contributed by atoms with Crippen LogP contribution in [0.25, 0.3) is 0 Å². The van der Waals surface area contributed by atoms with E-state index in [1.165, 1.54) is 5.56 Å². The zero-order chi connectivity index (χ0) is 21.1. The number of nitrogens with zero attached hydrogens (tertiary/aromatic N) is 3. The molecule has 0 spiro atoms. The largest absolute Gasteiger partial charge is 0.362 e. The Kier molecular flexibility index (Phi) is 6.29. The third-order valence-corrected chi connectivity index (χ3v) is 6.35. The first-order valence-electron chi connectivity index (χ1n) is 9.84. The molecule has 1 aliphatic rings.